The summed E-state index contributed by atoms with van der Waals surface area (Å²) in [5, 5.41) is 11.4. The molecule has 0 bridgehead atoms. The lowest BCUT2D eigenvalue weighted by Crippen LogP contribution is -2.47. The van der Waals surface area contributed by atoms with Gasteiger partial charge < -0.3 is 20.3 Å². The van der Waals surface area contributed by atoms with Crippen LogP contribution in [-0.2, 0) is 15.1 Å². The molecule has 0 amide bonds. The summed E-state index contributed by atoms with van der Waals surface area (Å²) in [6, 6.07) is 8.02. The van der Waals surface area contributed by atoms with Gasteiger partial charge in [0.25, 0.3) is 0 Å². The van der Waals surface area contributed by atoms with Crippen molar-refractivity contribution in [2.24, 2.45) is 11.7 Å². The summed E-state index contributed by atoms with van der Waals surface area (Å²) < 4.78 is 11.5. The summed E-state index contributed by atoms with van der Waals surface area (Å²) in [4.78, 5) is 0. The molecule has 1 aliphatic carbocycles. The van der Waals surface area contributed by atoms with E-state index in [1.54, 1.807) is 0 Å². The highest BCUT2D eigenvalue weighted by Crippen LogP contribution is 2.52. The van der Waals surface area contributed by atoms with Crippen molar-refractivity contribution in [1.29, 1.82) is 0 Å². The van der Waals surface area contributed by atoms with Gasteiger partial charge in [0.2, 0.25) is 0 Å². The minimum Gasteiger partial charge on any atom is -0.385 e. The molecule has 21 heavy (non-hydrogen) atoms. The fourth-order valence-corrected chi connectivity index (χ4v) is 4.46. The standard InChI is InChI=1S/C17H23NO3/c18-15-10-17(19,14-4-2-1-3-13(14)15)12-5-7-21-16(9-12)6-8-20-11-16/h1-4,12,15,19H,5-11,18H2. The molecule has 0 radical (unpaired) electrons. The molecule has 3 aliphatic rings. The molecule has 4 atom stereocenters. The lowest BCUT2D eigenvalue weighted by molar-refractivity contribution is -0.146. The molecule has 4 unspecified atom stereocenters. The van der Waals surface area contributed by atoms with E-state index < -0.39 is 5.60 Å². The lowest BCUT2D eigenvalue weighted by Gasteiger charge is -2.43. The van der Waals surface area contributed by atoms with Crippen LogP contribution in [0.4, 0.5) is 0 Å². The SMILES string of the molecule is NC1CC(O)(C2CCOC3(CCOC3)C2)c2ccccc21. The number of hydrogen-bond acceptors (Lipinski definition) is 4. The molecule has 1 aromatic carbocycles. The van der Waals surface area contributed by atoms with Crippen LogP contribution >= 0.6 is 0 Å². The van der Waals surface area contributed by atoms with Gasteiger partial charge in [-0.15, -0.1) is 0 Å². The van der Waals surface area contributed by atoms with Crippen molar-refractivity contribution < 1.29 is 14.6 Å². The third-order valence-corrected chi connectivity index (χ3v) is 5.59. The fraction of sp³-hybridized carbons (Fsp3) is 0.647. The van der Waals surface area contributed by atoms with Crippen molar-refractivity contribution in [3.05, 3.63) is 35.4 Å². The lowest BCUT2D eigenvalue weighted by atomic mass is 9.72. The maximum atomic E-state index is 11.4. The first-order valence-electron chi connectivity index (χ1n) is 7.92. The van der Waals surface area contributed by atoms with E-state index in [2.05, 4.69) is 0 Å². The van der Waals surface area contributed by atoms with E-state index in [1.807, 2.05) is 24.3 Å². The Morgan fingerprint density at radius 1 is 1.19 bits per heavy atom. The van der Waals surface area contributed by atoms with Crippen LogP contribution in [0, 0.1) is 5.92 Å². The van der Waals surface area contributed by atoms with Crippen molar-refractivity contribution in [1.82, 2.24) is 0 Å². The topological polar surface area (TPSA) is 64.7 Å². The number of benzene rings is 1. The highest BCUT2D eigenvalue weighted by Gasteiger charge is 2.52. The predicted molar refractivity (Wildman–Crippen MR) is 78.7 cm³/mol. The van der Waals surface area contributed by atoms with Gasteiger partial charge >= 0.3 is 0 Å². The Kier molecular flexibility index (Phi) is 3.12. The number of fused-ring (bicyclic) bond motifs is 1. The van der Waals surface area contributed by atoms with Gasteiger partial charge in [-0.25, -0.2) is 0 Å². The van der Waals surface area contributed by atoms with Crippen LogP contribution < -0.4 is 5.73 Å². The number of hydrogen-bond donors (Lipinski definition) is 2. The van der Waals surface area contributed by atoms with Gasteiger partial charge in [-0.1, -0.05) is 24.3 Å². The normalized spacial score (nSPS) is 42.4. The van der Waals surface area contributed by atoms with Crippen molar-refractivity contribution >= 4 is 0 Å². The van der Waals surface area contributed by atoms with E-state index in [0.29, 0.717) is 19.6 Å². The Bertz CT molecular complexity index is 541. The molecule has 114 valence electrons. The van der Waals surface area contributed by atoms with Crippen LogP contribution in [0.25, 0.3) is 0 Å². The first-order chi connectivity index (χ1) is 10.1. The summed E-state index contributed by atoms with van der Waals surface area (Å²) >= 11 is 0. The number of ether oxygens (including phenoxy) is 2. The third-order valence-electron chi connectivity index (χ3n) is 5.59. The van der Waals surface area contributed by atoms with E-state index in [9.17, 15) is 5.11 Å². The van der Waals surface area contributed by atoms with Crippen molar-refractivity contribution in [2.75, 3.05) is 19.8 Å². The Morgan fingerprint density at radius 2 is 2.05 bits per heavy atom. The molecule has 3 N–H and O–H groups in total. The molecular weight excluding hydrogens is 266 g/mol. The van der Waals surface area contributed by atoms with Gasteiger partial charge in [0.1, 0.15) is 0 Å². The van der Waals surface area contributed by atoms with Crippen LogP contribution in [-0.4, -0.2) is 30.5 Å². The van der Waals surface area contributed by atoms with Crippen LogP contribution in [0.2, 0.25) is 0 Å². The van der Waals surface area contributed by atoms with Crippen molar-refractivity contribution in [3.8, 4) is 0 Å². The van der Waals surface area contributed by atoms with E-state index in [4.69, 9.17) is 15.2 Å². The molecule has 0 aromatic heterocycles. The van der Waals surface area contributed by atoms with Gasteiger partial charge in [0.05, 0.1) is 17.8 Å². The van der Waals surface area contributed by atoms with E-state index in [0.717, 1.165) is 37.0 Å². The Labute approximate surface area is 125 Å². The molecule has 1 spiro atoms. The molecule has 4 rings (SSSR count). The van der Waals surface area contributed by atoms with Crippen LogP contribution in [0.5, 0.6) is 0 Å². The van der Waals surface area contributed by atoms with Crippen LogP contribution in [0.15, 0.2) is 24.3 Å². The highest BCUT2D eigenvalue weighted by atomic mass is 16.6. The summed E-state index contributed by atoms with van der Waals surface area (Å²) in [6.07, 6.45) is 3.31. The summed E-state index contributed by atoms with van der Waals surface area (Å²) in [6.45, 7) is 2.13. The van der Waals surface area contributed by atoms with Gasteiger partial charge in [0.15, 0.2) is 0 Å². The second-order valence-corrected chi connectivity index (χ2v) is 6.85. The smallest absolute Gasteiger partial charge is 0.0947 e. The predicted octanol–water partition coefficient (Wildman–Crippen LogP) is 1.86. The largest absolute Gasteiger partial charge is 0.385 e. The van der Waals surface area contributed by atoms with Gasteiger partial charge in [0, 0.05) is 25.7 Å². The Morgan fingerprint density at radius 3 is 2.86 bits per heavy atom. The second-order valence-electron chi connectivity index (χ2n) is 6.85. The van der Waals surface area contributed by atoms with E-state index in [1.165, 1.54) is 0 Å². The Hall–Kier alpha value is -0.940. The van der Waals surface area contributed by atoms with E-state index >= 15 is 0 Å². The average molecular weight is 289 g/mol. The zero-order chi connectivity index (χ0) is 14.5. The molecular formula is C17H23NO3. The molecule has 2 heterocycles. The molecule has 0 saturated carbocycles. The highest BCUT2D eigenvalue weighted by molar-refractivity contribution is 5.40. The number of aliphatic hydroxyl groups is 1. The van der Waals surface area contributed by atoms with Crippen LogP contribution in [0.1, 0.15) is 42.9 Å². The second kappa shape index (κ2) is 4.78. The van der Waals surface area contributed by atoms with E-state index in [-0.39, 0.29) is 17.6 Å². The van der Waals surface area contributed by atoms with Crippen LogP contribution in [0.3, 0.4) is 0 Å². The molecule has 2 saturated heterocycles. The monoisotopic (exact) mass is 289 g/mol. The minimum absolute atomic E-state index is 0.0650. The summed E-state index contributed by atoms with van der Waals surface area (Å²) in [5.41, 5.74) is 7.39. The first-order valence-corrected chi connectivity index (χ1v) is 7.92. The summed E-state index contributed by atoms with van der Waals surface area (Å²) in [7, 11) is 0. The quantitative estimate of drug-likeness (QED) is 0.828. The fourth-order valence-electron chi connectivity index (χ4n) is 4.46. The average Bonchev–Trinajstić information content (AvgIpc) is 3.04. The number of nitrogens with two attached hydrogens (primary N) is 1. The van der Waals surface area contributed by atoms with Gasteiger partial charge in [-0.05, 0) is 36.3 Å². The first kappa shape index (κ1) is 13.7. The van der Waals surface area contributed by atoms with Gasteiger partial charge in [-0.3, -0.25) is 0 Å². The zero-order valence-electron chi connectivity index (χ0n) is 12.3. The zero-order valence-corrected chi connectivity index (χ0v) is 12.3. The summed E-state index contributed by atoms with van der Waals surface area (Å²) in [5.74, 6) is 0.197. The van der Waals surface area contributed by atoms with Crippen molar-refractivity contribution in [2.45, 2.75) is 42.9 Å². The third kappa shape index (κ3) is 2.05. The maximum Gasteiger partial charge on any atom is 0.0947 e. The number of rotatable bonds is 1. The molecule has 1 aromatic rings. The minimum atomic E-state index is -0.810. The van der Waals surface area contributed by atoms with Gasteiger partial charge in [-0.2, -0.15) is 0 Å². The maximum absolute atomic E-state index is 11.4. The Balaban J connectivity index is 1.66. The molecule has 4 nitrogen and oxygen atoms in total. The molecule has 2 fully saturated rings. The van der Waals surface area contributed by atoms with Crippen molar-refractivity contribution in [3.63, 3.8) is 0 Å². The molecule has 4 heteroatoms. The molecule has 2 aliphatic heterocycles.